The van der Waals surface area contributed by atoms with Crippen molar-refractivity contribution in [3.63, 3.8) is 0 Å². The van der Waals surface area contributed by atoms with Gasteiger partial charge >= 0.3 is 0 Å². The van der Waals surface area contributed by atoms with Crippen molar-refractivity contribution in [3.8, 4) is 5.75 Å². The second-order valence-corrected chi connectivity index (χ2v) is 8.85. The molecule has 0 fully saturated rings. The highest BCUT2D eigenvalue weighted by molar-refractivity contribution is 7.98. The van der Waals surface area contributed by atoms with Crippen LogP contribution in [0.1, 0.15) is 31.9 Å². The van der Waals surface area contributed by atoms with Gasteiger partial charge in [0.1, 0.15) is 5.75 Å². The van der Waals surface area contributed by atoms with Crippen LogP contribution in [0.5, 0.6) is 5.75 Å². The zero-order valence-electron chi connectivity index (χ0n) is 15.0. The molecule has 2 aromatic rings. The predicted molar refractivity (Wildman–Crippen MR) is 104 cm³/mol. The molecule has 0 spiro atoms. The smallest absolute Gasteiger partial charge is 0.241 e. The molecule has 0 heterocycles. The normalized spacial score (nSPS) is 13.0. The van der Waals surface area contributed by atoms with Crippen molar-refractivity contribution in [2.45, 2.75) is 36.1 Å². The van der Waals surface area contributed by atoms with Crippen LogP contribution in [-0.2, 0) is 10.0 Å². The van der Waals surface area contributed by atoms with E-state index >= 15 is 0 Å². The number of ether oxygens (including phenoxy) is 1. The Labute approximate surface area is 155 Å². The molecule has 1 N–H and O–H groups in total. The molecule has 0 unspecified atom stereocenters. The number of sulfonamides is 1. The lowest BCUT2D eigenvalue weighted by Gasteiger charge is -2.21. The fraction of sp³-hybridized carbons (Fsp3) is 0.368. The van der Waals surface area contributed by atoms with Crippen LogP contribution in [0.4, 0.5) is 0 Å². The summed E-state index contributed by atoms with van der Waals surface area (Å²) >= 11 is 1.58. The van der Waals surface area contributed by atoms with Crippen LogP contribution >= 0.6 is 11.8 Å². The molecule has 2 aromatic carbocycles. The highest BCUT2D eigenvalue weighted by Gasteiger charge is 2.22. The first-order chi connectivity index (χ1) is 11.9. The van der Waals surface area contributed by atoms with E-state index in [1.54, 1.807) is 31.0 Å². The van der Waals surface area contributed by atoms with Crippen molar-refractivity contribution in [1.29, 1.82) is 0 Å². The molecular weight excluding hydrogens is 354 g/mol. The Hall–Kier alpha value is -1.50. The van der Waals surface area contributed by atoms with E-state index in [1.165, 1.54) is 0 Å². The molecule has 0 saturated carbocycles. The zero-order chi connectivity index (χ0) is 18.4. The molecule has 136 valence electrons. The molecule has 25 heavy (non-hydrogen) atoms. The summed E-state index contributed by atoms with van der Waals surface area (Å²) in [7, 11) is -1.97. The summed E-state index contributed by atoms with van der Waals surface area (Å²) in [4.78, 5) is 1.32. The summed E-state index contributed by atoms with van der Waals surface area (Å²) in [5, 5.41) is 0. The van der Waals surface area contributed by atoms with Crippen molar-refractivity contribution < 1.29 is 13.2 Å². The molecule has 0 saturated heterocycles. The summed E-state index contributed by atoms with van der Waals surface area (Å²) in [5.74, 6) is 1.11. The third-order valence-electron chi connectivity index (χ3n) is 3.89. The van der Waals surface area contributed by atoms with E-state index in [-0.39, 0.29) is 10.9 Å². The largest absolute Gasteiger partial charge is 0.497 e. The number of rotatable bonds is 8. The monoisotopic (exact) mass is 379 g/mol. The maximum absolute atomic E-state index is 12.8. The van der Waals surface area contributed by atoms with Gasteiger partial charge in [0.25, 0.3) is 0 Å². The zero-order valence-corrected chi connectivity index (χ0v) is 16.7. The third-order valence-corrected chi connectivity index (χ3v) is 6.12. The molecular formula is C19H25NO3S2. The predicted octanol–water partition coefficient (Wildman–Crippen LogP) is 4.48. The highest BCUT2D eigenvalue weighted by Crippen LogP contribution is 2.26. The van der Waals surface area contributed by atoms with Crippen molar-refractivity contribution in [1.82, 2.24) is 4.72 Å². The average molecular weight is 380 g/mol. The van der Waals surface area contributed by atoms with Gasteiger partial charge in [-0.25, -0.2) is 13.1 Å². The van der Waals surface area contributed by atoms with Gasteiger partial charge in [-0.05, 0) is 60.6 Å². The van der Waals surface area contributed by atoms with Crippen molar-refractivity contribution in [2.24, 2.45) is 5.92 Å². The molecule has 0 aromatic heterocycles. The van der Waals surface area contributed by atoms with Crippen molar-refractivity contribution in [2.75, 3.05) is 13.4 Å². The Balaban J connectivity index is 2.27. The van der Waals surface area contributed by atoms with Gasteiger partial charge in [-0.2, -0.15) is 0 Å². The number of nitrogens with one attached hydrogen (secondary N) is 1. The van der Waals surface area contributed by atoms with E-state index in [9.17, 15) is 8.42 Å². The van der Waals surface area contributed by atoms with Gasteiger partial charge in [0.15, 0.2) is 0 Å². The lowest BCUT2D eigenvalue weighted by atomic mass is 9.98. The minimum atomic E-state index is -3.58. The number of thioether (sulfide) groups is 1. The van der Waals surface area contributed by atoms with E-state index in [2.05, 4.69) is 18.6 Å². The molecule has 0 aliphatic rings. The summed E-state index contributed by atoms with van der Waals surface area (Å²) in [5.41, 5.74) is 0.929. The van der Waals surface area contributed by atoms with E-state index < -0.39 is 10.0 Å². The maximum Gasteiger partial charge on any atom is 0.241 e. The molecule has 0 aliphatic carbocycles. The first-order valence-corrected chi connectivity index (χ1v) is 10.9. The van der Waals surface area contributed by atoms with Gasteiger partial charge < -0.3 is 4.74 Å². The highest BCUT2D eigenvalue weighted by atomic mass is 32.2. The van der Waals surface area contributed by atoms with E-state index in [0.29, 0.717) is 12.3 Å². The number of hydrogen-bond donors (Lipinski definition) is 1. The van der Waals surface area contributed by atoms with Gasteiger partial charge in [0, 0.05) is 10.9 Å². The SMILES string of the molecule is COc1ccc([C@H](CC(C)C)NS(=O)(=O)c2ccc(SC)cc2)cc1. The van der Waals surface area contributed by atoms with Crippen LogP contribution in [0.25, 0.3) is 0 Å². The Bertz CT molecular complexity index is 769. The minimum Gasteiger partial charge on any atom is -0.497 e. The standard InChI is InChI=1S/C19H25NO3S2/c1-14(2)13-19(15-5-7-16(23-3)8-6-15)20-25(21,22)18-11-9-17(24-4)10-12-18/h5-12,14,19-20H,13H2,1-4H3/t19-/m0/s1. The topological polar surface area (TPSA) is 55.4 Å². The quantitative estimate of drug-likeness (QED) is 0.687. The van der Waals surface area contributed by atoms with E-state index in [0.717, 1.165) is 16.2 Å². The summed E-state index contributed by atoms with van der Waals surface area (Å²) < 4.78 is 33.6. The van der Waals surface area contributed by atoms with Crippen molar-refractivity contribution in [3.05, 3.63) is 54.1 Å². The van der Waals surface area contributed by atoms with Gasteiger partial charge in [-0.15, -0.1) is 11.8 Å². The lowest BCUT2D eigenvalue weighted by Crippen LogP contribution is -2.29. The number of methoxy groups -OCH3 is 1. The number of hydrogen-bond acceptors (Lipinski definition) is 4. The van der Waals surface area contributed by atoms with Crippen LogP contribution in [0.2, 0.25) is 0 Å². The molecule has 0 radical (unpaired) electrons. The molecule has 0 aliphatic heterocycles. The Morgan fingerprint density at radius 1 is 1.04 bits per heavy atom. The van der Waals surface area contributed by atoms with Crippen LogP contribution < -0.4 is 9.46 Å². The second kappa shape index (κ2) is 8.74. The third kappa shape index (κ3) is 5.49. The van der Waals surface area contributed by atoms with E-state index in [4.69, 9.17) is 4.74 Å². The summed E-state index contributed by atoms with van der Waals surface area (Å²) in [6.45, 7) is 4.16. The lowest BCUT2D eigenvalue weighted by molar-refractivity contribution is 0.414. The average Bonchev–Trinajstić information content (AvgIpc) is 2.60. The van der Waals surface area contributed by atoms with Gasteiger partial charge in [0.2, 0.25) is 10.0 Å². The fourth-order valence-corrected chi connectivity index (χ4v) is 4.22. The molecule has 0 bridgehead atoms. The summed E-state index contributed by atoms with van der Waals surface area (Å²) in [6.07, 6.45) is 2.68. The van der Waals surface area contributed by atoms with Gasteiger partial charge in [0.05, 0.1) is 12.0 Å². The van der Waals surface area contributed by atoms with Gasteiger partial charge in [-0.3, -0.25) is 0 Å². The molecule has 0 amide bonds. The van der Waals surface area contributed by atoms with Crippen LogP contribution in [0, 0.1) is 5.92 Å². The van der Waals surface area contributed by atoms with Crippen LogP contribution in [0.15, 0.2) is 58.3 Å². The molecule has 6 heteroatoms. The Morgan fingerprint density at radius 2 is 1.64 bits per heavy atom. The van der Waals surface area contributed by atoms with Crippen LogP contribution in [-0.4, -0.2) is 21.8 Å². The fourth-order valence-electron chi connectivity index (χ4n) is 2.57. The molecule has 2 rings (SSSR count). The molecule has 4 nitrogen and oxygen atoms in total. The Morgan fingerprint density at radius 3 is 2.12 bits per heavy atom. The summed E-state index contributed by atoms with van der Waals surface area (Å²) in [6, 6.07) is 14.2. The Kier molecular flexibility index (Phi) is 6.93. The minimum absolute atomic E-state index is 0.281. The first-order valence-electron chi connectivity index (χ1n) is 8.16. The van der Waals surface area contributed by atoms with E-state index in [1.807, 2.05) is 42.7 Å². The first kappa shape index (κ1) is 19.8. The van der Waals surface area contributed by atoms with Gasteiger partial charge in [-0.1, -0.05) is 26.0 Å². The second-order valence-electron chi connectivity index (χ2n) is 6.25. The van der Waals surface area contributed by atoms with Crippen molar-refractivity contribution >= 4 is 21.8 Å². The molecule has 1 atom stereocenters. The number of benzene rings is 2. The van der Waals surface area contributed by atoms with Crippen LogP contribution in [0.3, 0.4) is 0 Å². The maximum atomic E-state index is 12.8.